The van der Waals surface area contributed by atoms with E-state index in [1.54, 1.807) is 6.07 Å². The molecule has 0 N–H and O–H groups in total. The van der Waals surface area contributed by atoms with E-state index >= 15 is 0 Å². The van der Waals surface area contributed by atoms with Gasteiger partial charge < -0.3 is 4.74 Å². The molecule has 3 heteroatoms. The van der Waals surface area contributed by atoms with Gasteiger partial charge in [0.1, 0.15) is 23.5 Å². The Morgan fingerprint density at radius 3 is 2.59 bits per heavy atom. The summed E-state index contributed by atoms with van der Waals surface area (Å²) in [5.41, 5.74) is 0.669. The summed E-state index contributed by atoms with van der Waals surface area (Å²) < 4.78 is 5.51. The van der Waals surface area contributed by atoms with E-state index in [0.29, 0.717) is 23.5 Å². The second-order valence-corrected chi connectivity index (χ2v) is 3.51. The maximum absolute atomic E-state index is 9.14. The summed E-state index contributed by atoms with van der Waals surface area (Å²) in [4.78, 5) is 0. The second kappa shape index (κ2) is 4.55. The lowest BCUT2D eigenvalue weighted by Gasteiger charge is -2.10. The highest BCUT2D eigenvalue weighted by molar-refractivity contribution is 5.92. The van der Waals surface area contributed by atoms with E-state index in [9.17, 15) is 0 Å². The molecule has 17 heavy (non-hydrogen) atoms. The van der Waals surface area contributed by atoms with Gasteiger partial charge in [0, 0.05) is 5.39 Å². The molecule has 0 aliphatic heterocycles. The van der Waals surface area contributed by atoms with Crippen LogP contribution in [-0.2, 0) is 0 Å². The third-order valence-corrected chi connectivity index (χ3v) is 2.52. The van der Waals surface area contributed by atoms with Crippen LogP contribution in [0.1, 0.15) is 18.1 Å². The second-order valence-electron chi connectivity index (χ2n) is 3.51. The van der Waals surface area contributed by atoms with Crippen molar-refractivity contribution in [1.82, 2.24) is 0 Å². The lowest BCUT2D eigenvalue weighted by Crippen LogP contribution is -1.98. The maximum Gasteiger partial charge on any atom is 0.146 e. The fourth-order valence-corrected chi connectivity index (χ4v) is 1.81. The first-order valence-corrected chi connectivity index (χ1v) is 5.30. The summed E-state index contributed by atoms with van der Waals surface area (Å²) in [6.45, 7) is 2.32. The zero-order valence-electron chi connectivity index (χ0n) is 9.40. The Bertz CT molecular complexity index is 648. The van der Waals surface area contributed by atoms with E-state index in [0.717, 1.165) is 10.8 Å². The predicted molar refractivity (Wildman–Crippen MR) is 64.5 cm³/mol. The van der Waals surface area contributed by atoms with Gasteiger partial charge in [-0.2, -0.15) is 10.5 Å². The molecule has 82 valence electrons. The van der Waals surface area contributed by atoms with Crippen molar-refractivity contribution >= 4 is 10.8 Å². The van der Waals surface area contributed by atoms with Crippen molar-refractivity contribution in [2.75, 3.05) is 6.61 Å². The van der Waals surface area contributed by atoms with Crippen LogP contribution in [-0.4, -0.2) is 6.61 Å². The van der Waals surface area contributed by atoms with Crippen molar-refractivity contribution in [3.05, 3.63) is 41.5 Å². The molecule has 0 amide bonds. The molecule has 0 saturated heterocycles. The molecule has 0 saturated carbocycles. The Balaban J connectivity index is 2.88. The number of nitriles is 2. The molecule has 2 aromatic carbocycles. The zero-order chi connectivity index (χ0) is 12.3. The summed E-state index contributed by atoms with van der Waals surface area (Å²) in [7, 11) is 0. The lowest BCUT2D eigenvalue weighted by molar-refractivity contribution is 0.343. The Morgan fingerprint density at radius 2 is 1.94 bits per heavy atom. The molecule has 0 unspecified atom stereocenters. The molecule has 3 nitrogen and oxygen atoms in total. The summed E-state index contributed by atoms with van der Waals surface area (Å²) >= 11 is 0. The van der Waals surface area contributed by atoms with Crippen LogP contribution in [0.25, 0.3) is 10.8 Å². The van der Waals surface area contributed by atoms with Crippen LogP contribution in [0.5, 0.6) is 5.75 Å². The first-order valence-electron chi connectivity index (χ1n) is 5.30. The van der Waals surface area contributed by atoms with Crippen molar-refractivity contribution in [1.29, 1.82) is 10.5 Å². The molecule has 0 heterocycles. The summed E-state index contributed by atoms with van der Waals surface area (Å²) in [5, 5.41) is 20.0. The van der Waals surface area contributed by atoms with Crippen molar-refractivity contribution in [2.45, 2.75) is 6.92 Å². The normalized spacial score (nSPS) is 9.59. The highest BCUT2D eigenvalue weighted by atomic mass is 16.5. The van der Waals surface area contributed by atoms with Gasteiger partial charge in [-0.05, 0) is 18.4 Å². The first kappa shape index (κ1) is 11.0. The van der Waals surface area contributed by atoms with Crippen LogP contribution in [0.15, 0.2) is 30.3 Å². The molecule has 0 atom stereocenters. The fraction of sp³-hybridized carbons (Fsp3) is 0.143. The van der Waals surface area contributed by atoms with Gasteiger partial charge in [-0.1, -0.05) is 24.3 Å². The number of hydrogen-bond acceptors (Lipinski definition) is 3. The van der Waals surface area contributed by atoms with Gasteiger partial charge >= 0.3 is 0 Å². The minimum absolute atomic E-state index is 0.313. The topological polar surface area (TPSA) is 56.8 Å². The fourth-order valence-electron chi connectivity index (χ4n) is 1.81. The van der Waals surface area contributed by atoms with E-state index < -0.39 is 0 Å². The Labute approximate surface area is 99.5 Å². The molecule has 2 aromatic rings. The maximum atomic E-state index is 9.14. The number of ether oxygens (including phenoxy) is 1. The van der Waals surface area contributed by atoms with Crippen LogP contribution in [0, 0.1) is 22.7 Å². The highest BCUT2D eigenvalue weighted by Gasteiger charge is 2.13. The molecule has 0 aromatic heterocycles. The molecule has 0 fully saturated rings. The van der Waals surface area contributed by atoms with Gasteiger partial charge in [0.05, 0.1) is 12.2 Å². The average molecular weight is 222 g/mol. The molecule has 0 spiro atoms. The molecule has 0 radical (unpaired) electrons. The smallest absolute Gasteiger partial charge is 0.146 e. The number of hydrogen-bond donors (Lipinski definition) is 0. The van der Waals surface area contributed by atoms with Crippen LogP contribution >= 0.6 is 0 Å². The zero-order valence-corrected chi connectivity index (χ0v) is 9.40. The molecular weight excluding hydrogens is 212 g/mol. The quantitative estimate of drug-likeness (QED) is 0.784. The molecule has 2 rings (SSSR count). The van der Waals surface area contributed by atoms with Gasteiger partial charge in [-0.15, -0.1) is 0 Å². The molecule has 0 aliphatic carbocycles. The standard InChI is InChI=1S/C14H10N2O/c1-2-17-14-12-6-4-3-5-10(12)7-11(8-15)13(14)9-16/h3-7H,2H2,1H3. The summed E-state index contributed by atoms with van der Waals surface area (Å²) in [6.07, 6.45) is 0. The van der Waals surface area contributed by atoms with Crippen molar-refractivity contribution < 1.29 is 4.74 Å². The summed E-state index contributed by atoms with van der Waals surface area (Å²) in [5.74, 6) is 0.504. The Kier molecular flexibility index (Phi) is 2.94. The number of rotatable bonds is 2. The molecular formula is C14H10N2O. The predicted octanol–water partition coefficient (Wildman–Crippen LogP) is 2.98. The van der Waals surface area contributed by atoms with Gasteiger partial charge in [-0.25, -0.2) is 0 Å². The van der Waals surface area contributed by atoms with Crippen LogP contribution in [0.2, 0.25) is 0 Å². The van der Waals surface area contributed by atoms with Gasteiger partial charge in [0.2, 0.25) is 0 Å². The summed E-state index contributed by atoms with van der Waals surface area (Å²) in [6, 6.07) is 13.4. The highest BCUT2D eigenvalue weighted by Crippen LogP contribution is 2.32. The van der Waals surface area contributed by atoms with Crippen molar-refractivity contribution in [3.63, 3.8) is 0 Å². The molecule has 0 bridgehead atoms. The number of benzene rings is 2. The minimum Gasteiger partial charge on any atom is -0.492 e. The largest absolute Gasteiger partial charge is 0.492 e. The Morgan fingerprint density at radius 1 is 1.18 bits per heavy atom. The first-order chi connectivity index (χ1) is 8.31. The van der Waals surface area contributed by atoms with E-state index in [1.165, 1.54) is 0 Å². The average Bonchev–Trinajstić information content (AvgIpc) is 2.38. The SMILES string of the molecule is CCOc1c(C#N)c(C#N)cc2ccccc12. The van der Waals surface area contributed by atoms with Crippen LogP contribution in [0.4, 0.5) is 0 Å². The van der Waals surface area contributed by atoms with E-state index in [1.807, 2.05) is 43.3 Å². The van der Waals surface area contributed by atoms with Crippen LogP contribution in [0.3, 0.4) is 0 Å². The van der Waals surface area contributed by atoms with E-state index in [4.69, 9.17) is 15.3 Å². The monoisotopic (exact) mass is 222 g/mol. The Hall–Kier alpha value is -2.52. The number of nitrogens with zero attached hydrogens (tertiary/aromatic N) is 2. The van der Waals surface area contributed by atoms with E-state index in [-0.39, 0.29) is 0 Å². The minimum atomic E-state index is 0.313. The third-order valence-electron chi connectivity index (χ3n) is 2.52. The third kappa shape index (κ3) is 1.79. The van der Waals surface area contributed by atoms with Gasteiger partial charge in [0.15, 0.2) is 0 Å². The van der Waals surface area contributed by atoms with Crippen molar-refractivity contribution in [2.24, 2.45) is 0 Å². The van der Waals surface area contributed by atoms with E-state index in [2.05, 4.69) is 0 Å². The molecule has 0 aliphatic rings. The van der Waals surface area contributed by atoms with Crippen molar-refractivity contribution in [3.8, 4) is 17.9 Å². The number of fused-ring (bicyclic) bond motifs is 1. The van der Waals surface area contributed by atoms with Gasteiger partial charge in [0.25, 0.3) is 0 Å². The van der Waals surface area contributed by atoms with Crippen LogP contribution < -0.4 is 4.74 Å². The van der Waals surface area contributed by atoms with Gasteiger partial charge in [-0.3, -0.25) is 0 Å². The lowest BCUT2D eigenvalue weighted by atomic mass is 10.0.